The summed E-state index contributed by atoms with van der Waals surface area (Å²) in [5.41, 5.74) is -4.92. The number of sulfonamides is 1. The van der Waals surface area contributed by atoms with E-state index in [2.05, 4.69) is 9.97 Å². The van der Waals surface area contributed by atoms with E-state index in [-0.39, 0.29) is 17.5 Å². The Labute approximate surface area is 229 Å². The number of halogens is 6. The first-order chi connectivity index (χ1) is 19.1. The smallest absolute Gasteiger partial charge is 0.455 e. The number of benzene rings is 2. The van der Waals surface area contributed by atoms with Gasteiger partial charge in [0.1, 0.15) is 28.2 Å². The molecule has 7 nitrogen and oxygen atoms in total. The fourth-order valence-corrected chi connectivity index (χ4v) is 5.34. The first-order valence-corrected chi connectivity index (χ1v) is 13.7. The van der Waals surface area contributed by atoms with Crippen molar-refractivity contribution in [2.45, 2.75) is 45.4 Å². The lowest BCUT2D eigenvalue weighted by Crippen LogP contribution is -2.30. The van der Waals surface area contributed by atoms with Crippen LogP contribution in [0.3, 0.4) is 0 Å². The number of hydrogen-bond donors (Lipinski definition) is 1. The minimum absolute atomic E-state index is 0.144. The SMILES string of the molecule is CCc1nc2c(C)cc(C)nc2n1Cc1ccc2oc(-c3ccccc3NS(=O)(=O)C(F)(F)F)c(C(F)(F)F)c2c1. The molecule has 3 aromatic heterocycles. The minimum Gasteiger partial charge on any atom is -0.455 e. The fourth-order valence-electron chi connectivity index (χ4n) is 4.75. The molecule has 0 bridgehead atoms. The van der Waals surface area contributed by atoms with Crippen molar-refractivity contribution in [3.05, 3.63) is 76.7 Å². The zero-order chi connectivity index (χ0) is 29.9. The highest BCUT2D eigenvalue weighted by Gasteiger charge is 2.47. The molecule has 14 heteroatoms. The van der Waals surface area contributed by atoms with Crippen LogP contribution in [-0.2, 0) is 29.2 Å². The van der Waals surface area contributed by atoms with Crippen LogP contribution in [0.4, 0.5) is 32.0 Å². The molecule has 0 fully saturated rings. The van der Waals surface area contributed by atoms with E-state index in [1.54, 1.807) is 6.07 Å². The van der Waals surface area contributed by atoms with E-state index in [1.165, 1.54) is 29.0 Å². The van der Waals surface area contributed by atoms with Crippen molar-refractivity contribution in [3.63, 3.8) is 0 Å². The van der Waals surface area contributed by atoms with Crippen LogP contribution in [0.5, 0.6) is 0 Å². The molecule has 0 radical (unpaired) electrons. The first kappa shape index (κ1) is 28.5. The van der Waals surface area contributed by atoms with Gasteiger partial charge in [-0.05, 0) is 55.3 Å². The van der Waals surface area contributed by atoms with Gasteiger partial charge in [-0.1, -0.05) is 25.1 Å². The molecule has 0 unspecified atom stereocenters. The average Bonchev–Trinajstić information content (AvgIpc) is 3.42. The van der Waals surface area contributed by atoms with Gasteiger partial charge >= 0.3 is 21.7 Å². The van der Waals surface area contributed by atoms with Gasteiger partial charge in [0, 0.05) is 23.1 Å². The lowest BCUT2D eigenvalue weighted by molar-refractivity contribution is -0.136. The Hall–Kier alpha value is -4.07. The summed E-state index contributed by atoms with van der Waals surface area (Å²) in [6.07, 6.45) is -4.45. The highest BCUT2D eigenvalue weighted by atomic mass is 32.2. The fraction of sp³-hybridized carbons (Fsp3) is 0.259. The largest absolute Gasteiger partial charge is 0.516 e. The molecule has 0 spiro atoms. The molecule has 216 valence electrons. The topological polar surface area (TPSA) is 90.0 Å². The van der Waals surface area contributed by atoms with E-state index in [4.69, 9.17) is 4.42 Å². The molecular formula is C27H22F6N4O3S. The Kier molecular flexibility index (Phi) is 6.79. The van der Waals surface area contributed by atoms with Crippen molar-refractivity contribution < 1.29 is 39.2 Å². The summed E-state index contributed by atoms with van der Waals surface area (Å²) >= 11 is 0. The predicted octanol–water partition coefficient (Wildman–Crippen LogP) is 7.35. The van der Waals surface area contributed by atoms with Crippen LogP contribution in [0.1, 0.15) is 35.1 Å². The lowest BCUT2D eigenvalue weighted by Gasteiger charge is -2.14. The zero-order valence-corrected chi connectivity index (χ0v) is 22.6. The molecule has 1 N–H and O–H groups in total. The standard InChI is InChI=1S/C27H22F6N4O3S/c1-4-21-35-23-14(2)11-15(3)34-25(23)37(21)13-16-9-10-20-18(12-16)22(26(28,29)30)24(40-20)17-7-5-6-8-19(17)36-41(38,39)27(31,32)33/h5-12,36H,4,13H2,1-3H3. The van der Waals surface area contributed by atoms with Crippen LogP contribution in [-0.4, -0.2) is 28.5 Å². The molecule has 0 saturated carbocycles. The Balaban J connectivity index is 1.66. The van der Waals surface area contributed by atoms with Gasteiger partial charge < -0.3 is 8.98 Å². The number of furan rings is 1. The van der Waals surface area contributed by atoms with Crippen molar-refractivity contribution in [2.24, 2.45) is 0 Å². The maximum Gasteiger partial charge on any atom is 0.516 e. The predicted molar refractivity (Wildman–Crippen MR) is 141 cm³/mol. The molecule has 0 saturated heterocycles. The quantitative estimate of drug-likeness (QED) is 0.207. The van der Waals surface area contributed by atoms with E-state index in [0.717, 1.165) is 23.4 Å². The van der Waals surface area contributed by atoms with E-state index in [0.29, 0.717) is 29.0 Å². The Bertz CT molecular complexity index is 1910. The highest BCUT2D eigenvalue weighted by molar-refractivity contribution is 7.93. The number of rotatable bonds is 6. The molecule has 3 heterocycles. The molecule has 2 aromatic carbocycles. The summed E-state index contributed by atoms with van der Waals surface area (Å²) in [6.45, 7) is 5.77. The molecule has 0 atom stereocenters. The van der Waals surface area contributed by atoms with Gasteiger partial charge in [0.15, 0.2) is 5.65 Å². The van der Waals surface area contributed by atoms with Crippen molar-refractivity contribution >= 4 is 37.8 Å². The molecule has 5 aromatic rings. The van der Waals surface area contributed by atoms with Crippen molar-refractivity contribution in [2.75, 3.05) is 4.72 Å². The van der Waals surface area contributed by atoms with Gasteiger partial charge in [-0.25, -0.2) is 9.97 Å². The van der Waals surface area contributed by atoms with Crippen molar-refractivity contribution in [1.29, 1.82) is 0 Å². The normalized spacial score (nSPS) is 12.9. The average molecular weight is 597 g/mol. The number of nitrogens with one attached hydrogen (secondary N) is 1. The van der Waals surface area contributed by atoms with Crippen LogP contribution in [0.25, 0.3) is 33.5 Å². The number of hydrogen-bond acceptors (Lipinski definition) is 5. The van der Waals surface area contributed by atoms with Gasteiger partial charge in [-0.3, -0.25) is 4.72 Å². The highest BCUT2D eigenvalue weighted by Crippen LogP contribution is 2.46. The monoisotopic (exact) mass is 596 g/mol. The molecule has 0 aliphatic heterocycles. The number of aromatic nitrogens is 3. The van der Waals surface area contributed by atoms with E-state index in [9.17, 15) is 34.8 Å². The third-order valence-electron chi connectivity index (χ3n) is 6.51. The second-order valence-electron chi connectivity index (χ2n) is 9.45. The lowest BCUT2D eigenvalue weighted by atomic mass is 10.0. The minimum atomic E-state index is -5.91. The number of fused-ring (bicyclic) bond motifs is 2. The van der Waals surface area contributed by atoms with Crippen molar-refractivity contribution in [3.8, 4) is 11.3 Å². The maximum atomic E-state index is 14.5. The summed E-state index contributed by atoms with van der Waals surface area (Å²) in [5, 5.41) is -0.332. The molecular weight excluding hydrogens is 574 g/mol. The Morgan fingerprint density at radius 3 is 2.34 bits per heavy atom. The van der Waals surface area contributed by atoms with Gasteiger partial charge in [-0.2, -0.15) is 34.8 Å². The van der Waals surface area contributed by atoms with Gasteiger partial charge in [-0.15, -0.1) is 0 Å². The Morgan fingerprint density at radius 1 is 0.976 bits per heavy atom. The number of pyridine rings is 1. The maximum absolute atomic E-state index is 14.5. The molecule has 41 heavy (non-hydrogen) atoms. The molecule has 0 amide bonds. The third-order valence-corrected chi connectivity index (χ3v) is 7.61. The van der Waals surface area contributed by atoms with Gasteiger partial charge in [0.2, 0.25) is 0 Å². The number of imidazole rings is 1. The van der Waals surface area contributed by atoms with Crippen molar-refractivity contribution in [1.82, 2.24) is 14.5 Å². The van der Waals surface area contributed by atoms with Crippen LogP contribution >= 0.6 is 0 Å². The number of anilines is 1. The van der Waals surface area contributed by atoms with Crippen LogP contribution < -0.4 is 4.72 Å². The molecule has 0 aliphatic rings. The van der Waals surface area contributed by atoms with Crippen LogP contribution in [0.15, 0.2) is 52.9 Å². The van der Waals surface area contributed by atoms with Crippen LogP contribution in [0.2, 0.25) is 0 Å². The number of aryl methyl sites for hydroxylation is 3. The zero-order valence-electron chi connectivity index (χ0n) is 21.8. The number of nitrogens with zero attached hydrogens (tertiary/aromatic N) is 3. The summed E-state index contributed by atoms with van der Waals surface area (Å²) in [5.74, 6) is -0.128. The van der Waals surface area contributed by atoms with E-state index >= 15 is 0 Å². The van der Waals surface area contributed by atoms with E-state index < -0.39 is 44.3 Å². The van der Waals surface area contributed by atoms with Crippen LogP contribution in [0, 0.1) is 13.8 Å². The Morgan fingerprint density at radius 2 is 1.68 bits per heavy atom. The summed E-state index contributed by atoms with van der Waals surface area (Å²) in [6, 6.07) is 10.5. The number of para-hydroxylation sites is 1. The summed E-state index contributed by atoms with van der Waals surface area (Å²) < 4.78 is 115. The van der Waals surface area contributed by atoms with E-state index in [1.807, 2.05) is 31.4 Å². The van der Waals surface area contributed by atoms with Gasteiger partial charge in [0.25, 0.3) is 0 Å². The van der Waals surface area contributed by atoms with Gasteiger partial charge in [0.05, 0.1) is 12.2 Å². The molecule has 5 rings (SSSR count). The number of alkyl halides is 6. The molecule has 0 aliphatic carbocycles. The third kappa shape index (κ3) is 5.11. The second kappa shape index (κ2) is 9.79. The summed E-state index contributed by atoms with van der Waals surface area (Å²) in [7, 11) is -5.91. The second-order valence-corrected chi connectivity index (χ2v) is 11.1. The summed E-state index contributed by atoms with van der Waals surface area (Å²) in [4.78, 5) is 9.24. The first-order valence-electron chi connectivity index (χ1n) is 12.2.